The molecule has 0 spiro atoms. The van der Waals surface area contributed by atoms with Crippen molar-refractivity contribution < 1.29 is 9.53 Å². The SMILES string of the molecule is NC1=NC(CCc2ccc(N3Cc4ccc(Cl)cc4C3=O)cc2)CO1. The Morgan fingerprint density at radius 2 is 2.04 bits per heavy atom. The van der Waals surface area contributed by atoms with E-state index in [1.807, 2.05) is 24.3 Å². The molecule has 2 aliphatic rings. The van der Waals surface area contributed by atoms with Crippen LogP contribution in [0.25, 0.3) is 0 Å². The molecule has 2 heterocycles. The van der Waals surface area contributed by atoms with Crippen LogP contribution in [0.2, 0.25) is 5.02 Å². The number of rotatable bonds is 4. The second kappa shape index (κ2) is 6.41. The minimum atomic E-state index is -0.00170. The number of carbonyl (C=O) groups is 1. The zero-order valence-electron chi connectivity index (χ0n) is 13.6. The molecule has 0 radical (unpaired) electrons. The van der Waals surface area contributed by atoms with Gasteiger partial charge in [-0.3, -0.25) is 4.79 Å². The topological polar surface area (TPSA) is 67.9 Å². The number of halogens is 1. The second-order valence-electron chi connectivity index (χ2n) is 6.33. The van der Waals surface area contributed by atoms with Gasteiger partial charge in [0, 0.05) is 16.3 Å². The average Bonchev–Trinajstić information content (AvgIpc) is 3.17. The molecule has 1 amide bonds. The number of anilines is 1. The van der Waals surface area contributed by atoms with Crippen molar-refractivity contribution in [3.05, 3.63) is 64.2 Å². The number of amides is 1. The van der Waals surface area contributed by atoms with Crippen molar-refractivity contribution >= 4 is 29.2 Å². The molecule has 0 saturated heterocycles. The quantitative estimate of drug-likeness (QED) is 0.916. The Balaban J connectivity index is 1.43. The van der Waals surface area contributed by atoms with Crippen LogP contribution in [0.5, 0.6) is 0 Å². The van der Waals surface area contributed by atoms with Crippen LogP contribution in [0.15, 0.2) is 47.5 Å². The zero-order chi connectivity index (χ0) is 17.4. The molecule has 6 heteroatoms. The Labute approximate surface area is 151 Å². The van der Waals surface area contributed by atoms with Gasteiger partial charge in [0.2, 0.25) is 0 Å². The third kappa shape index (κ3) is 3.20. The summed E-state index contributed by atoms with van der Waals surface area (Å²) in [4.78, 5) is 18.6. The Kier molecular flexibility index (Phi) is 4.09. The molecule has 25 heavy (non-hydrogen) atoms. The molecule has 2 aromatic carbocycles. The Bertz CT molecular complexity index is 848. The number of aliphatic imine (C=N–C) groups is 1. The van der Waals surface area contributed by atoms with Gasteiger partial charge in [-0.1, -0.05) is 29.8 Å². The highest BCUT2D eigenvalue weighted by Gasteiger charge is 2.28. The molecular weight excluding hydrogens is 338 g/mol. The maximum Gasteiger partial charge on any atom is 0.282 e. The molecule has 0 aromatic heterocycles. The lowest BCUT2D eigenvalue weighted by Gasteiger charge is -2.16. The summed E-state index contributed by atoms with van der Waals surface area (Å²) in [6, 6.07) is 14.0. The third-order valence-electron chi connectivity index (χ3n) is 4.62. The molecule has 128 valence electrons. The molecule has 0 fully saturated rings. The molecule has 2 N–H and O–H groups in total. The van der Waals surface area contributed by atoms with Crippen LogP contribution in [0.3, 0.4) is 0 Å². The minimum absolute atomic E-state index is 0.00170. The first-order valence-electron chi connectivity index (χ1n) is 8.25. The van der Waals surface area contributed by atoms with Crippen LogP contribution < -0.4 is 10.6 Å². The Morgan fingerprint density at radius 1 is 1.24 bits per heavy atom. The van der Waals surface area contributed by atoms with Gasteiger partial charge in [0.25, 0.3) is 11.9 Å². The van der Waals surface area contributed by atoms with Gasteiger partial charge in [0.1, 0.15) is 6.61 Å². The van der Waals surface area contributed by atoms with E-state index in [2.05, 4.69) is 17.1 Å². The van der Waals surface area contributed by atoms with Gasteiger partial charge >= 0.3 is 0 Å². The van der Waals surface area contributed by atoms with E-state index in [-0.39, 0.29) is 18.0 Å². The molecular formula is C19H18ClN3O2. The lowest BCUT2D eigenvalue weighted by atomic mass is 10.1. The maximum absolute atomic E-state index is 12.6. The molecule has 2 aliphatic heterocycles. The average molecular weight is 356 g/mol. The van der Waals surface area contributed by atoms with Crippen LogP contribution in [0.4, 0.5) is 5.69 Å². The molecule has 4 rings (SSSR count). The van der Waals surface area contributed by atoms with Crippen LogP contribution >= 0.6 is 11.6 Å². The third-order valence-corrected chi connectivity index (χ3v) is 4.86. The molecule has 5 nitrogen and oxygen atoms in total. The van der Waals surface area contributed by atoms with E-state index < -0.39 is 0 Å². The summed E-state index contributed by atoms with van der Waals surface area (Å²) >= 11 is 6.00. The molecule has 0 aliphatic carbocycles. The van der Waals surface area contributed by atoms with Crippen LogP contribution in [-0.4, -0.2) is 24.6 Å². The van der Waals surface area contributed by atoms with Gasteiger partial charge in [-0.05, 0) is 48.2 Å². The normalized spacial score (nSPS) is 18.9. The van der Waals surface area contributed by atoms with E-state index in [9.17, 15) is 4.79 Å². The summed E-state index contributed by atoms with van der Waals surface area (Å²) in [7, 11) is 0. The van der Waals surface area contributed by atoms with Crippen molar-refractivity contribution in [3.63, 3.8) is 0 Å². The Hall–Kier alpha value is -2.53. The highest BCUT2D eigenvalue weighted by atomic mass is 35.5. The number of fused-ring (bicyclic) bond motifs is 1. The summed E-state index contributed by atoms with van der Waals surface area (Å²) < 4.78 is 5.17. The van der Waals surface area contributed by atoms with E-state index in [0.717, 1.165) is 24.1 Å². The minimum Gasteiger partial charge on any atom is -0.463 e. The molecule has 1 atom stereocenters. The number of hydrogen-bond acceptors (Lipinski definition) is 4. The van der Waals surface area contributed by atoms with E-state index in [4.69, 9.17) is 22.1 Å². The van der Waals surface area contributed by atoms with Gasteiger partial charge in [0.15, 0.2) is 0 Å². The smallest absolute Gasteiger partial charge is 0.282 e. The van der Waals surface area contributed by atoms with E-state index in [1.54, 1.807) is 11.0 Å². The molecule has 2 aromatic rings. The number of nitrogens with two attached hydrogens (primary N) is 1. The zero-order valence-corrected chi connectivity index (χ0v) is 14.4. The second-order valence-corrected chi connectivity index (χ2v) is 6.77. The van der Waals surface area contributed by atoms with Crippen molar-refractivity contribution in [2.45, 2.75) is 25.4 Å². The first-order chi connectivity index (χ1) is 12.1. The highest BCUT2D eigenvalue weighted by molar-refractivity contribution is 6.31. The summed E-state index contributed by atoms with van der Waals surface area (Å²) in [5.74, 6) is -0.00170. The van der Waals surface area contributed by atoms with E-state index >= 15 is 0 Å². The lowest BCUT2D eigenvalue weighted by molar-refractivity contribution is 0.0996. The van der Waals surface area contributed by atoms with Gasteiger partial charge < -0.3 is 15.4 Å². The first kappa shape index (κ1) is 16.0. The monoisotopic (exact) mass is 355 g/mol. The van der Waals surface area contributed by atoms with Crippen molar-refractivity contribution in [1.82, 2.24) is 0 Å². The lowest BCUT2D eigenvalue weighted by Crippen LogP contribution is -2.22. The maximum atomic E-state index is 12.6. The van der Waals surface area contributed by atoms with Gasteiger partial charge in [-0.25, -0.2) is 4.99 Å². The number of carbonyl (C=O) groups excluding carboxylic acids is 1. The largest absolute Gasteiger partial charge is 0.463 e. The number of amidine groups is 1. The van der Waals surface area contributed by atoms with Crippen LogP contribution in [0.1, 0.15) is 27.9 Å². The predicted molar refractivity (Wildman–Crippen MR) is 98.1 cm³/mol. The summed E-state index contributed by atoms with van der Waals surface area (Å²) in [6.07, 6.45) is 1.79. The standard InChI is InChI=1S/C19H18ClN3O2/c20-14-5-4-13-10-23(18(24)17(13)9-14)16-7-2-12(3-8-16)1-6-15-11-25-19(21)22-15/h2-5,7-9,15H,1,6,10-11H2,(H2,21,22). The van der Waals surface area contributed by atoms with Gasteiger partial charge in [-0.15, -0.1) is 0 Å². The first-order valence-corrected chi connectivity index (χ1v) is 8.63. The van der Waals surface area contributed by atoms with Crippen molar-refractivity contribution in [3.8, 4) is 0 Å². The van der Waals surface area contributed by atoms with Crippen molar-refractivity contribution in [2.24, 2.45) is 10.7 Å². The van der Waals surface area contributed by atoms with E-state index in [0.29, 0.717) is 23.7 Å². The molecule has 1 unspecified atom stereocenters. The Morgan fingerprint density at radius 3 is 2.76 bits per heavy atom. The van der Waals surface area contributed by atoms with E-state index in [1.165, 1.54) is 5.56 Å². The van der Waals surface area contributed by atoms with Crippen molar-refractivity contribution in [2.75, 3.05) is 11.5 Å². The highest BCUT2D eigenvalue weighted by Crippen LogP contribution is 2.30. The van der Waals surface area contributed by atoms with Crippen molar-refractivity contribution in [1.29, 1.82) is 0 Å². The summed E-state index contributed by atoms with van der Waals surface area (Å²) in [5.41, 5.74) is 9.32. The molecule has 0 bridgehead atoms. The fourth-order valence-corrected chi connectivity index (χ4v) is 3.41. The fraction of sp³-hybridized carbons (Fsp3) is 0.263. The van der Waals surface area contributed by atoms with Gasteiger partial charge in [0.05, 0.1) is 12.6 Å². The fourth-order valence-electron chi connectivity index (χ4n) is 3.24. The van der Waals surface area contributed by atoms with Gasteiger partial charge in [-0.2, -0.15) is 0 Å². The summed E-state index contributed by atoms with van der Waals surface area (Å²) in [5, 5.41) is 0.587. The predicted octanol–water partition coefficient (Wildman–Crippen LogP) is 3.15. The number of benzene rings is 2. The number of aryl methyl sites for hydroxylation is 1. The number of ether oxygens (including phenoxy) is 1. The molecule has 0 saturated carbocycles. The van der Waals surface area contributed by atoms with Crippen LogP contribution in [-0.2, 0) is 17.7 Å². The van der Waals surface area contributed by atoms with Crippen LogP contribution in [0, 0.1) is 0 Å². The number of hydrogen-bond donors (Lipinski definition) is 1. The number of nitrogens with zero attached hydrogens (tertiary/aromatic N) is 2. The summed E-state index contributed by atoms with van der Waals surface area (Å²) in [6.45, 7) is 1.14.